The van der Waals surface area contributed by atoms with Crippen LogP contribution in [0.3, 0.4) is 0 Å². The van der Waals surface area contributed by atoms with Crippen LogP contribution in [0.4, 0.5) is 10.1 Å². The number of hydrogen-bond donors (Lipinski definition) is 1. The summed E-state index contributed by atoms with van der Waals surface area (Å²) in [6, 6.07) is 13.7. The summed E-state index contributed by atoms with van der Waals surface area (Å²) >= 11 is 0. The summed E-state index contributed by atoms with van der Waals surface area (Å²) in [5.41, 5.74) is 2.67. The summed E-state index contributed by atoms with van der Waals surface area (Å²) < 4.78 is 13.2. The lowest BCUT2D eigenvalue weighted by atomic mass is 9.95. The molecule has 1 aliphatic heterocycles. The highest BCUT2D eigenvalue weighted by molar-refractivity contribution is 5.95. The van der Waals surface area contributed by atoms with Crippen LogP contribution >= 0.6 is 0 Å². The summed E-state index contributed by atoms with van der Waals surface area (Å²) in [6.45, 7) is 4.80. The first kappa shape index (κ1) is 19.1. The van der Waals surface area contributed by atoms with Gasteiger partial charge in [-0.15, -0.1) is 0 Å². The smallest absolute Gasteiger partial charge is 0.227 e. The zero-order chi connectivity index (χ0) is 19.4. The number of hydrogen-bond acceptors (Lipinski definition) is 2. The van der Waals surface area contributed by atoms with E-state index in [0.717, 1.165) is 29.8 Å². The van der Waals surface area contributed by atoms with Gasteiger partial charge in [0, 0.05) is 18.7 Å². The van der Waals surface area contributed by atoms with Crippen molar-refractivity contribution >= 4 is 17.5 Å². The second kappa shape index (κ2) is 8.33. The molecule has 4 nitrogen and oxygen atoms in total. The molecule has 0 unspecified atom stereocenters. The number of nitrogens with zero attached hydrogens (tertiary/aromatic N) is 1. The van der Waals surface area contributed by atoms with Crippen molar-refractivity contribution in [2.24, 2.45) is 5.92 Å². The Morgan fingerprint density at radius 3 is 2.33 bits per heavy atom. The van der Waals surface area contributed by atoms with Crippen LogP contribution in [0.25, 0.3) is 0 Å². The zero-order valence-electron chi connectivity index (χ0n) is 15.7. The molecule has 5 heteroatoms. The molecule has 1 aliphatic rings. The Morgan fingerprint density at radius 1 is 1.11 bits per heavy atom. The molecular weight excluding hydrogens is 343 g/mol. The molecule has 27 heavy (non-hydrogen) atoms. The lowest BCUT2D eigenvalue weighted by molar-refractivity contribution is -0.121. The topological polar surface area (TPSA) is 49.4 Å². The van der Waals surface area contributed by atoms with Gasteiger partial charge in [-0.3, -0.25) is 9.59 Å². The number of carbonyl (C=O) groups is 2. The van der Waals surface area contributed by atoms with Gasteiger partial charge in [0.15, 0.2) is 0 Å². The lowest BCUT2D eigenvalue weighted by Gasteiger charge is -2.23. The number of benzene rings is 2. The van der Waals surface area contributed by atoms with Gasteiger partial charge in [0.25, 0.3) is 0 Å². The van der Waals surface area contributed by atoms with E-state index in [0.29, 0.717) is 6.42 Å². The molecule has 1 N–H and O–H groups in total. The predicted molar refractivity (Wildman–Crippen MR) is 104 cm³/mol. The third kappa shape index (κ3) is 4.73. The van der Waals surface area contributed by atoms with Crippen LogP contribution in [-0.4, -0.2) is 18.4 Å². The van der Waals surface area contributed by atoms with Crippen LogP contribution in [0.1, 0.15) is 43.9 Å². The van der Waals surface area contributed by atoms with E-state index in [1.54, 1.807) is 17.0 Å². The highest BCUT2D eigenvalue weighted by Crippen LogP contribution is 2.23. The molecule has 0 aromatic heterocycles. The molecule has 0 aliphatic carbocycles. The number of rotatable bonds is 6. The molecule has 142 valence electrons. The molecule has 0 radical (unpaired) electrons. The molecule has 0 saturated carbocycles. The van der Waals surface area contributed by atoms with Crippen molar-refractivity contribution in [1.29, 1.82) is 0 Å². The van der Waals surface area contributed by atoms with Crippen molar-refractivity contribution in [3.63, 3.8) is 0 Å². The maximum atomic E-state index is 13.2. The summed E-state index contributed by atoms with van der Waals surface area (Å²) in [6.07, 6.45) is 1.76. The van der Waals surface area contributed by atoms with Crippen LogP contribution < -0.4 is 10.2 Å². The molecule has 1 heterocycles. The van der Waals surface area contributed by atoms with Crippen LogP contribution in [0.15, 0.2) is 48.5 Å². The summed E-state index contributed by atoms with van der Waals surface area (Å²) in [4.78, 5) is 26.1. The summed E-state index contributed by atoms with van der Waals surface area (Å²) in [5, 5.41) is 3.05. The number of halogens is 1. The van der Waals surface area contributed by atoms with Crippen LogP contribution in [0.5, 0.6) is 0 Å². The molecular formula is C22H25FN2O2. The minimum atomic E-state index is -0.288. The van der Waals surface area contributed by atoms with E-state index in [4.69, 9.17) is 0 Å². The van der Waals surface area contributed by atoms with Crippen molar-refractivity contribution < 1.29 is 14.0 Å². The SMILES string of the molecule is CC(C)[C@H](NC(=O)Cc1ccc(N2CCCC2=O)cc1)c1ccc(F)cc1. The molecule has 2 amide bonds. The lowest BCUT2D eigenvalue weighted by Crippen LogP contribution is -2.32. The van der Waals surface area contributed by atoms with Gasteiger partial charge in [-0.25, -0.2) is 4.39 Å². The van der Waals surface area contributed by atoms with Gasteiger partial charge in [0.05, 0.1) is 12.5 Å². The van der Waals surface area contributed by atoms with Gasteiger partial charge in [-0.1, -0.05) is 38.1 Å². The molecule has 1 atom stereocenters. The third-order valence-electron chi connectivity index (χ3n) is 4.90. The minimum Gasteiger partial charge on any atom is -0.349 e. The van der Waals surface area contributed by atoms with Gasteiger partial charge in [-0.2, -0.15) is 0 Å². The first-order valence-corrected chi connectivity index (χ1v) is 9.38. The fourth-order valence-electron chi connectivity index (χ4n) is 3.43. The maximum absolute atomic E-state index is 13.2. The Balaban J connectivity index is 1.63. The highest BCUT2D eigenvalue weighted by atomic mass is 19.1. The monoisotopic (exact) mass is 368 g/mol. The van der Waals surface area contributed by atoms with Crippen molar-refractivity contribution in [2.75, 3.05) is 11.4 Å². The fraction of sp³-hybridized carbons (Fsp3) is 0.364. The molecule has 3 rings (SSSR count). The van der Waals surface area contributed by atoms with Crippen LogP contribution in [-0.2, 0) is 16.0 Å². The van der Waals surface area contributed by atoms with E-state index < -0.39 is 0 Å². The Kier molecular flexibility index (Phi) is 5.89. The Hall–Kier alpha value is -2.69. The van der Waals surface area contributed by atoms with E-state index in [2.05, 4.69) is 5.32 Å². The first-order valence-electron chi connectivity index (χ1n) is 9.38. The van der Waals surface area contributed by atoms with Crippen molar-refractivity contribution in [1.82, 2.24) is 5.32 Å². The van der Waals surface area contributed by atoms with E-state index in [1.807, 2.05) is 38.1 Å². The van der Waals surface area contributed by atoms with Gasteiger partial charge in [0.1, 0.15) is 5.82 Å². The van der Waals surface area contributed by atoms with E-state index >= 15 is 0 Å². The summed E-state index contributed by atoms with van der Waals surface area (Å²) in [7, 11) is 0. The third-order valence-corrected chi connectivity index (χ3v) is 4.90. The quantitative estimate of drug-likeness (QED) is 0.838. The average Bonchev–Trinajstić information content (AvgIpc) is 3.07. The predicted octanol–water partition coefficient (Wildman–Crippen LogP) is 4.01. The van der Waals surface area contributed by atoms with Crippen molar-refractivity contribution in [3.05, 3.63) is 65.5 Å². The number of amides is 2. The molecule has 1 saturated heterocycles. The van der Waals surface area contributed by atoms with Gasteiger partial charge in [-0.05, 0) is 47.7 Å². The second-order valence-electron chi connectivity index (χ2n) is 7.33. The van der Waals surface area contributed by atoms with E-state index in [-0.39, 0.29) is 36.0 Å². The molecule has 1 fully saturated rings. The number of carbonyl (C=O) groups excluding carboxylic acids is 2. The van der Waals surface area contributed by atoms with E-state index in [9.17, 15) is 14.0 Å². The van der Waals surface area contributed by atoms with Gasteiger partial charge >= 0.3 is 0 Å². The van der Waals surface area contributed by atoms with Gasteiger partial charge in [0.2, 0.25) is 11.8 Å². The largest absolute Gasteiger partial charge is 0.349 e. The van der Waals surface area contributed by atoms with Crippen molar-refractivity contribution in [2.45, 2.75) is 39.2 Å². The van der Waals surface area contributed by atoms with Crippen LogP contribution in [0, 0.1) is 11.7 Å². The normalized spacial score (nSPS) is 15.3. The number of nitrogens with one attached hydrogen (secondary N) is 1. The summed E-state index contributed by atoms with van der Waals surface area (Å²) in [5.74, 6) is -0.0327. The second-order valence-corrected chi connectivity index (χ2v) is 7.33. The zero-order valence-corrected chi connectivity index (χ0v) is 15.7. The average molecular weight is 368 g/mol. The Morgan fingerprint density at radius 2 is 1.78 bits per heavy atom. The first-order chi connectivity index (χ1) is 12.9. The standard InChI is InChI=1S/C22H25FN2O2/c1-15(2)22(17-7-9-18(23)10-8-17)24-20(26)14-16-5-11-19(12-6-16)25-13-3-4-21(25)27/h5-12,15,22H,3-4,13-14H2,1-2H3,(H,24,26)/t22-/m0/s1. The number of anilines is 1. The van der Waals surface area contributed by atoms with Crippen LogP contribution in [0.2, 0.25) is 0 Å². The van der Waals surface area contributed by atoms with Crippen molar-refractivity contribution in [3.8, 4) is 0 Å². The minimum absolute atomic E-state index is 0.0805. The Bertz CT molecular complexity index is 800. The Labute approximate surface area is 159 Å². The highest BCUT2D eigenvalue weighted by Gasteiger charge is 2.22. The molecule has 0 bridgehead atoms. The molecule has 2 aromatic carbocycles. The van der Waals surface area contributed by atoms with Gasteiger partial charge < -0.3 is 10.2 Å². The fourth-order valence-corrected chi connectivity index (χ4v) is 3.43. The molecule has 2 aromatic rings. The molecule has 0 spiro atoms. The maximum Gasteiger partial charge on any atom is 0.227 e. The van der Waals surface area contributed by atoms with E-state index in [1.165, 1.54) is 12.1 Å².